The third-order valence-corrected chi connectivity index (χ3v) is 3.09. The molecule has 0 saturated heterocycles. The molecule has 1 unspecified atom stereocenters. The topological polar surface area (TPSA) is 55.1 Å². The lowest BCUT2D eigenvalue weighted by atomic mass is 10.1. The molecule has 0 fully saturated rings. The van der Waals surface area contributed by atoms with E-state index in [1.54, 1.807) is 10.6 Å². The molecular weight excluding hydrogens is 257 g/mol. The highest BCUT2D eigenvalue weighted by atomic mass is 19.1. The lowest BCUT2D eigenvalue weighted by molar-refractivity contribution is 0.623. The van der Waals surface area contributed by atoms with Crippen LogP contribution in [0.5, 0.6) is 0 Å². The molecule has 5 nitrogen and oxygen atoms in total. The fourth-order valence-electron chi connectivity index (χ4n) is 2.11. The number of hydrogen-bond donors (Lipinski definition) is 1. The number of benzene rings is 1. The van der Waals surface area contributed by atoms with Gasteiger partial charge in [-0.05, 0) is 31.5 Å². The van der Waals surface area contributed by atoms with Crippen molar-refractivity contribution in [1.82, 2.24) is 19.6 Å². The average Bonchev–Trinajstić information content (AvgIpc) is 2.86. The maximum atomic E-state index is 13.3. The van der Waals surface area contributed by atoms with Crippen molar-refractivity contribution in [2.75, 3.05) is 5.32 Å². The van der Waals surface area contributed by atoms with Gasteiger partial charge in [0.25, 0.3) is 5.78 Å². The number of aromatic nitrogens is 4. The first-order valence-corrected chi connectivity index (χ1v) is 6.33. The normalized spacial score (nSPS) is 12.6. The van der Waals surface area contributed by atoms with Crippen LogP contribution in [-0.2, 0) is 0 Å². The molecule has 102 valence electrons. The molecule has 3 aromatic rings. The fourth-order valence-corrected chi connectivity index (χ4v) is 2.11. The Morgan fingerprint density at radius 3 is 2.95 bits per heavy atom. The van der Waals surface area contributed by atoms with E-state index >= 15 is 0 Å². The minimum atomic E-state index is -0.243. The average molecular weight is 271 g/mol. The molecule has 0 aliphatic heterocycles. The monoisotopic (exact) mass is 271 g/mol. The molecule has 0 bridgehead atoms. The summed E-state index contributed by atoms with van der Waals surface area (Å²) in [5, 5.41) is 7.44. The van der Waals surface area contributed by atoms with Crippen LogP contribution in [0.3, 0.4) is 0 Å². The van der Waals surface area contributed by atoms with E-state index < -0.39 is 0 Å². The summed E-state index contributed by atoms with van der Waals surface area (Å²) >= 11 is 0. The summed E-state index contributed by atoms with van der Waals surface area (Å²) in [6, 6.07) is 8.36. The number of fused-ring (bicyclic) bond motifs is 1. The number of halogens is 1. The second-order valence-corrected chi connectivity index (χ2v) is 4.68. The van der Waals surface area contributed by atoms with Gasteiger partial charge in [-0.2, -0.15) is 14.6 Å². The SMILES string of the molecule is Cc1cc(NC(C)c2cccc(F)c2)n2ncnc2n1. The molecule has 0 spiro atoms. The van der Waals surface area contributed by atoms with Gasteiger partial charge in [0, 0.05) is 11.8 Å². The van der Waals surface area contributed by atoms with Crippen molar-refractivity contribution in [2.24, 2.45) is 0 Å². The molecule has 1 atom stereocenters. The summed E-state index contributed by atoms with van der Waals surface area (Å²) in [6.45, 7) is 3.86. The molecule has 0 aliphatic rings. The summed E-state index contributed by atoms with van der Waals surface area (Å²) in [5.41, 5.74) is 1.71. The molecule has 0 saturated carbocycles. The molecule has 0 radical (unpaired) electrons. The number of anilines is 1. The van der Waals surface area contributed by atoms with Gasteiger partial charge < -0.3 is 5.32 Å². The van der Waals surface area contributed by atoms with Gasteiger partial charge in [-0.1, -0.05) is 12.1 Å². The van der Waals surface area contributed by atoms with Gasteiger partial charge in [-0.15, -0.1) is 0 Å². The molecule has 2 heterocycles. The molecule has 20 heavy (non-hydrogen) atoms. The molecule has 6 heteroatoms. The number of aryl methyl sites for hydroxylation is 1. The van der Waals surface area contributed by atoms with E-state index in [-0.39, 0.29) is 11.9 Å². The molecular formula is C14H14FN5. The van der Waals surface area contributed by atoms with E-state index in [2.05, 4.69) is 20.4 Å². The van der Waals surface area contributed by atoms with Crippen LogP contribution in [0.15, 0.2) is 36.7 Å². The number of rotatable bonds is 3. The number of nitrogens with one attached hydrogen (secondary N) is 1. The van der Waals surface area contributed by atoms with Crippen molar-refractivity contribution in [3.63, 3.8) is 0 Å². The highest BCUT2D eigenvalue weighted by molar-refractivity contribution is 5.46. The van der Waals surface area contributed by atoms with E-state index in [9.17, 15) is 4.39 Å². The maximum Gasteiger partial charge on any atom is 0.254 e. The molecule has 0 aliphatic carbocycles. The molecule has 3 rings (SSSR count). The van der Waals surface area contributed by atoms with Crippen molar-refractivity contribution in [1.29, 1.82) is 0 Å². The lowest BCUT2D eigenvalue weighted by Crippen LogP contribution is -2.11. The van der Waals surface area contributed by atoms with Crippen LogP contribution >= 0.6 is 0 Å². The largest absolute Gasteiger partial charge is 0.363 e. The van der Waals surface area contributed by atoms with Crippen molar-refractivity contribution >= 4 is 11.6 Å². The zero-order valence-corrected chi connectivity index (χ0v) is 11.2. The Morgan fingerprint density at radius 1 is 1.30 bits per heavy atom. The van der Waals surface area contributed by atoms with Gasteiger partial charge in [-0.25, -0.2) is 9.37 Å². The predicted octanol–water partition coefficient (Wildman–Crippen LogP) is 2.74. The first-order chi connectivity index (χ1) is 9.63. The van der Waals surface area contributed by atoms with Crippen LogP contribution in [0.2, 0.25) is 0 Å². The van der Waals surface area contributed by atoms with Crippen molar-refractivity contribution in [3.8, 4) is 0 Å². The lowest BCUT2D eigenvalue weighted by Gasteiger charge is -2.16. The van der Waals surface area contributed by atoms with Gasteiger partial charge in [0.1, 0.15) is 18.0 Å². The summed E-state index contributed by atoms with van der Waals surface area (Å²) < 4.78 is 14.9. The van der Waals surface area contributed by atoms with Gasteiger partial charge in [0.15, 0.2) is 0 Å². The van der Waals surface area contributed by atoms with Crippen LogP contribution in [0.4, 0.5) is 10.2 Å². The van der Waals surface area contributed by atoms with E-state index in [0.29, 0.717) is 5.78 Å². The summed E-state index contributed by atoms with van der Waals surface area (Å²) in [6.07, 6.45) is 1.46. The minimum absolute atomic E-state index is 0.0556. The van der Waals surface area contributed by atoms with Crippen LogP contribution in [-0.4, -0.2) is 19.6 Å². The third kappa shape index (κ3) is 2.32. The maximum absolute atomic E-state index is 13.3. The molecule has 1 N–H and O–H groups in total. The highest BCUT2D eigenvalue weighted by Crippen LogP contribution is 2.20. The van der Waals surface area contributed by atoms with Gasteiger partial charge in [0.05, 0.1) is 6.04 Å². The van der Waals surface area contributed by atoms with E-state index in [4.69, 9.17) is 0 Å². The van der Waals surface area contributed by atoms with Crippen LogP contribution < -0.4 is 5.32 Å². The quantitative estimate of drug-likeness (QED) is 0.795. The Bertz CT molecular complexity index is 752. The Balaban J connectivity index is 1.94. The second-order valence-electron chi connectivity index (χ2n) is 4.68. The Kier molecular flexibility index (Phi) is 3.06. The van der Waals surface area contributed by atoms with Crippen LogP contribution in [0, 0.1) is 12.7 Å². The Morgan fingerprint density at radius 2 is 2.15 bits per heavy atom. The molecule has 1 aromatic carbocycles. The second kappa shape index (κ2) is 4.88. The van der Waals surface area contributed by atoms with E-state index in [1.165, 1.54) is 18.5 Å². The first kappa shape index (κ1) is 12.5. The summed E-state index contributed by atoms with van der Waals surface area (Å²) in [7, 11) is 0. The summed E-state index contributed by atoms with van der Waals surface area (Å²) in [5.74, 6) is 1.08. The zero-order chi connectivity index (χ0) is 14.1. The Labute approximate surface area is 115 Å². The fraction of sp³-hybridized carbons (Fsp3) is 0.214. The number of hydrogen-bond acceptors (Lipinski definition) is 4. The van der Waals surface area contributed by atoms with E-state index in [1.807, 2.05) is 26.0 Å². The zero-order valence-electron chi connectivity index (χ0n) is 11.2. The summed E-state index contributed by atoms with van der Waals surface area (Å²) in [4.78, 5) is 8.35. The smallest absolute Gasteiger partial charge is 0.254 e. The van der Waals surface area contributed by atoms with Crippen LogP contribution in [0.1, 0.15) is 24.2 Å². The molecule has 0 amide bonds. The minimum Gasteiger partial charge on any atom is -0.363 e. The predicted molar refractivity (Wildman–Crippen MR) is 74.0 cm³/mol. The Hall–Kier alpha value is -2.50. The van der Waals surface area contributed by atoms with Gasteiger partial charge in [0.2, 0.25) is 0 Å². The standard InChI is InChI=1S/C14H14FN5/c1-9-6-13(20-14(18-9)16-8-17-20)19-10(2)11-4-3-5-12(15)7-11/h3-8,10,19H,1-2H3. The molecule has 2 aromatic heterocycles. The van der Waals surface area contributed by atoms with Crippen LogP contribution in [0.25, 0.3) is 5.78 Å². The van der Waals surface area contributed by atoms with Gasteiger partial charge in [-0.3, -0.25) is 0 Å². The first-order valence-electron chi connectivity index (χ1n) is 6.33. The van der Waals surface area contributed by atoms with Crippen molar-refractivity contribution in [3.05, 3.63) is 53.7 Å². The van der Waals surface area contributed by atoms with Crippen molar-refractivity contribution < 1.29 is 4.39 Å². The van der Waals surface area contributed by atoms with E-state index in [0.717, 1.165) is 17.1 Å². The highest BCUT2D eigenvalue weighted by Gasteiger charge is 2.10. The third-order valence-electron chi connectivity index (χ3n) is 3.09. The van der Waals surface area contributed by atoms with Gasteiger partial charge >= 0.3 is 0 Å². The number of nitrogens with zero attached hydrogens (tertiary/aromatic N) is 4. The van der Waals surface area contributed by atoms with Crippen molar-refractivity contribution in [2.45, 2.75) is 19.9 Å².